The average molecular weight is 301 g/mol. The van der Waals surface area contributed by atoms with Gasteiger partial charge in [0.1, 0.15) is 10.2 Å². The number of unbranched alkanes of at least 4 members (excludes halogenated alkanes) is 1. The maximum Gasteiger partial charge on any atom is 0.256 e. The molecule has 1 atom stereocenters. The molecule has 17 heavy (non-hydrogen) atoms. The van der Waals surface area contributed by atoms with Gasteiger partial charge >= 0.3 is 0 Å². The first-order chi connectivity index (χ1) is 7.95. The largest absolute Gasteiger partial charge is 0.380 e. The van der Waals surface area contributed by atoms with E-state index in [0.717, 1.165) is 12.8 Å². The molecule has 0 saturated heterocycles. The molecular weight excluding hydrogens is 284 g/mol. The summed E-state index contributed by atoms with van der Waals surface area (Å²) in [4.78, 5) is 15.8. The number of nitrogens with one attached hydrogen (secondary N) is 1. The van der Waals surface area contributed by atoms with Crippen molar-refractivity contribution >= 4 is 27.5 Å². The molecule has 0 unspecified atom stereocenters. The van der Waals surface area contributed by atoms with Crippen LogP contribution in [0, 0.1) is 0 Å². The number of carbonyl (C=O) groups is 1. The van der Waals surface area contributed by atoms with Crippen LogP contribution in [0.4, 0.5) is 5.69 Å². The molecule has 0 bridgehead atoms. The van der Waals surface area contributed by atoms with Crippen LogP contribution in [-0.4, -0.2) is 21.6 Å². The third-order valence-electron chi connectivity index (χ3n) is 2.49. The molecule has 0 saturated carbocycles. The summed E-state index contributed by atoms with van der Waals surface area (Å²) in [6, 6.07) is 3.37. The highest BCUT2D eigenvalue weighted by Gasteiger charge is 2.29. The third kappa shape index (κ3) is 4.44. The fraction of sp³-hybridized carbons (Fsp3) is 0.500. The maximum absolute atomic E-state index is 11.9. The molecule has 4 nitrogen and oxygen atoms in total. The Labute approximate surface area is 110 Å². The molecule has 0 spiro atoms. The molecule has 0 aliphatic rings. The second kappa shape index (κ2) is 6.12. The standard InChI is InChI=1S/C12H17BrN2O2/c1-3-4-6-12(2,17)11(16)15-9-5-7-14-10(13)8-9/h5,7-8,17H,3-4,6H2,1-2H3,(H,14,15,16)/t12-/m0/s1. The van der Waals surface area contributed by atoms with Crippen LogP contribution in [0.15, 0.2) is 22.9 Å². The molecule has 1 rings (SSSR count). The Morgan fingerprint density at radius 2 is 2.35 bits per heavy atom. The van der Waals surface area contributed by atoms with E-state index in [1.807, 2.05) is 6.92 Å². The van der Waals surface area contributed by atoms with E-state index in [9.17, 15) is 9.90 Å². The fourth-order valence-corrected chi connectivity index (χ4v) is 1.75. The van der Waals surface area contributed by atoms with Crippen molar-refractivity contribution in [3.63, 3.8) is 0 Å². The van der Waals surface area contributed by atoms with E-state index in [4.69, 9.17) is 0 Å². The number of amides is 1. The molecule has 5 heteroatoms. The lowest BCUT2D eigenvalue weighted by atomic mass is 9.98. The molecule has 94 valence electrons. The minimum absolute atomic E-state index is 0.385. The minimum atomic E-state index is -1.33. The normalized spacial score (nSPS) is 14.1. The number of hydrogen-bond donors (Lipinski definition) is 2. The molecule has 1 aromatic rings. The first-order valence-corrected chi connectivity index (χ1v) is 6.40. The predicted octanol–water partition coefficient (Wildman–Crippen LogP) is 2.72. The summed E-state index contributed by atoms with van der Waals surface area (Å²) in [5, 5.41) is 12.7. The summed E-state index contributed by atoms with van der Waals surface area (Å²) in [6.07, 6.45) is 3.81. The van der Waals surface area contributed by atoms with Gasteiger partial charge in [-0.1, -0.05) is 19.8 Å². The molecule has 0 fully saturated rings. The van der Waals surface area contributed by atoms with Gasteiger partial charge in [0.2, 0.25) is 0 Å². The van der Waals surface area contributed by atoms with Gasteiger partial charge in [0.25, 0.3) is 5.91 Å². The summed E-state index contributed by atoms with van der Waals surface area (Å²) < 4.78 is 0.642. The highest BCUT2D eigenvalue weighted by Crippen LogP contribution is 2.18. The zero-order valence-electron chi connectivity index (χ0n) is 10.0. The van der Waals surface area contributed by atoms with Gasteiger partial charge in [0.05, 0.1) is 0 Å². The summed E-state index contributed by atoms with van der Waals surface area (Å²) in [5.74, 6) is -0.385. The van der Waals surface area contributed by atoms with Crippen LogP contribution in [0.1, 0.15) is 33.1 Å². The van der Waals surface area contributed by atoms with Gasteiger partial charge in [-0.15, -0.1) is 0 Å². The molecule has 0 aliphatic heterocycles. The maximum atomic E-state index is 11.9. The second-order valence-corrected chi connectivity index (χ2v) is 5.01. The van der Waals surface area contributed by atoms with Crippen molar-refractivity contribution in [2.75, 3.05) is 5.32 Å². The Morgan fingerprint density at radius 3 is 2.94 bits per heavy atom. The second-order valence-electron chi connectivity index (χ2n) is 4.20. The van der Waals surface area contributed by atoms with Crippen LogP contribution in [0.25, 0.3) is 0 Å². The van der Waals surface area contributed by atoms with Gasteiger partial charge in [0.15, 0.2) is 0 Å². The lowest BCUT2D eigenvalue weighted by molar-refractivity contribution is -0.133. The highest BCUT2D eigenvalue weighted by atomic mass is 79.9. The number of nitrogens with zero attached hydrogens (tertiary/aromatic N) is 1. The monoisotopic (exact) mass is 300 g/mol. The molecule has 1 aromatic heterocycles. The van der Waals surface area contributed by atoms with Gasteiger partial charge < -0.3 is 10.4 Å². The van der Waals surface area contributed by atoms with E-state index in [1.165, 1.54) is 6.92 Å². The van der Waals surface area contributed by atoms with Crippen LogP contribution in [0.3, 0.4) is 0 Å². The lowest BCUT2D eigenvalue weighted by Crippen LogP contribution is -2.39. The smallest absolute Gasteiger partial charge is 0.256 e. The molecule has 0 radical (unpaired) electrons. The third-order valence-corrected chi connectivity index (χ3v) is 2.92. The van der Waals surface area contributed by atoms with Crippen LogP contribution in [-0.2, 0) is 4.79 Å². The van der Waals surface area contributed by atoms with Gasteiger partial charge in [-0.2, -0.15) is 0 Å². The van der Waals surface area contributed by atoms with E-state index in [0.29, 0.717) is 16.7 Å². The zero-order chi connectivity index (χ0) is 12.9. The van der Waals surface area contributed by atoms with E-state index < -0.39 is 5.60 Å². The zero-order valence-corrected chi connectivity index (χ0v) is 11.6. The van der Waals surface area contributed by atoms with Crippen LogP contribution in [0.2, 0.25) is 0 Å². The molecule has 1 heterocycles. The van der Waals surface area contributed by atoms with Crippen molar-refractivity contribution in [3.8, 4) is 0 Å². The Kier molecular flexibility index (Phi) is 5.08. The van der Waals surface area contributed by atoms with Gasteiger partial charge in [0, 0.05) is 11.9 Å². The Hall–Kier alpha value is -0.940. The van der Waals surface area contributed by atoms with E-state index in [-0.39, 0.29) is 5.91 Å². The fourth-order valence-electron chi connectivity index (χ4n) is 1.38. The summed E-state index contributed by atoms with van der Waals surface area (Å²) >= 11 is 3.22. The van der Waals surface area contributed by atoms with E-state index in [1.54, 1.807) is 18.3 Å². The van der Waals surface area contributed by atoms with Crippen molar-refractivity contribution < 1.29 is 9.90 Å². The van der Waals surface area contributed by atoms with Crippen molar-refractivity contribution in [2.45, 2.75) is 38.7 Å². The summed E-state index contributed by atoms with van der Waals surface area (Å²) in [7, 11) is 0. The van der Waals surface area contributed by atoms with Crippen molar-refractivity contribution in [1.82, 2.24) is 4.98 Å². The summed E-state index contributed by atoms with van der Waals surface area (Å²) in [5.41, 5.74) is -0.709. The van der Waals surface area contributed by atoms with Gasteiger partial charge in [-0.25, -0.2) is 4.98 Å². The van der Waals surface area contributed by atoms with E-state index in [2.05, 4.69) is 26.2 Å². The molecule has 0 aromatic carbocycles. The first kappa shape index (κ1) is 14.1. The topological polar surface area (TPSA) is 62.2 Å². The van der Waals surface area contributed by atoms with E-state index >= 15 is 0 Å². The first-order valence-electron chi connectivity index (χ1n) is 5.61. The number of rotatable bonds is 5. The molecule has 1 amide bonds. The molecular formula is C12H17BrN2O2. The number of hydrogen-bond acceptors (Lipinski definition) is 3. The van der Waals surface area contributed by atoms with Crippen LogP contribution >= 0.6 is 15.9 Å². The number of aromatic nitrogens is 1. The highest BCUT2D eigenvalue weighted by molar-refractivity contribution is 9.10. The number of aliphatic hydroxyl groups is 1. The summed E-state index contributed by atoms with van der Waals surface area (Å²) in [6.45, 7) is 3.56. The molecule has 0 aliphatic carbocycles. The number of pyridine rings is 1. The van der Waals surface area contributed by atoms with Crippen LogP contribution < -0.4 is 5.32 Å². The Balaban J connectivity index is 2.65. The van der Waals surface area contributed by atoms with Crippen molar-refractivity contribution in [2.24, 2.45) is 0 Å². The van der Waals surface area contributed by atoms with Crippen molar-refractivity contribution in [1.29, 1.82) is 0 Å². The van der Waals surface area contributed by atoms with Gasteiger partial charge in [-0.05, 0) is 41.4 Å². The SMILES string of the molecule is CCCC[C@](C)(O)C(=O)Nc1ccnc(Br)c1. The Morgan fingerprint density at radius 1 is 1.65 bits per heavy atom. The average Bonchev–Trinajstić information content (AvgIpc) is 2.26. The molecule has 2 N–H and O–H groups in total. The number of halogens is 1. The predicted molar refractivity (Wildman–Crippen MR) is 70.7 cm³/mol. The number of carbonyl (C=O) groups excluding carboxylic acids is 1. The quantitative estimate of drug-likeness (QED) is 0.822. The van der Waals surface area contributed by atoms with Crippen LogP contribution in [0.5, 0.6) is 0 Å². The minimum Gasteiger partial charge on any atom is -0.380 e. The van der Waals surface area contributed by atoms with Crippen molar-refractivity contribution in [3.05, 3.63) is 22.9 Å². The number of anilines is 1. The van der Waals surface area contributed by atoms with Gasteiger partial charge in [-0.3, -0.25) is 4.79 Å². The Bertz CT molecular complexity index is 394. The lowest BCUT2D eigenvalue weighted by Gasteiger charge is -2.22.